The average molecular weight is 394 g/mol. The Bertz CT molecular complexity index is 296. The molecule has 0 fully saturated rings. The molecule has 0 amide bonds. The Balaban J connectivity index is -0.0000000695. The molecule has 12 N–H and O–H groups in total. The number of allylic oxidation sites excluding steroid dienone is 1. The predicted octanol–water partition coefficient (Wildman–Crippen LogP) is -8.93. The van der Waals surface area contributed by atoms with E-state index in [1.54, 1.807) is 11.3 Å². The molecule has 0 atom stereocenters. The van der Waals surface area contributed by atoms with Crippen molar-refractivity contribution in [2.45, 2.75) is 6.42 Å². The topological polar surface area (TPSA) is 243 Å². The van der Waals surface area contributed by atoms with Crippen LogP contribution in [0.15, 0.2) is 24.1 Å². The summed E-state index contributed by atoms with van der Waals surface area (Å²) < 4.78 is 0. The minimum Gasteiger partial charge on any atom is -0.402 e. The SMILES string of the molecule is C=CCc1c[c-]sc1.OB(O)O.OB(O)O.OB(O)O.OB(O)O.[Na+]. The van der Waals surface area contributed by atoms with E-state index in [1.807, 2.05) is 12.1 Å². The van der Waals surface area contributed by atoms with Gasteiger partial charge in [0.05, 0.1) is 0 Å². The van der Waals surface area contributed by atoms with Gasteiger partial charge in [0.1, 0.15) is 0 Å². The van der Waals surface area contributed by atoms with Crippen LogP contribution in [0.4, 0.5) is 0 Å². The molecule has 1 aromatic heterocycles. The average Bonchev–Trinajstić information content (AvgIpc) is 2.79. The molecule has 0 spiro atoms. The van der Waals surface area contributed by atoms with Crippen molar-refractivity contribution in [1.29, 1.82) is 0 Å². The molecule has 0 bridgehead atoms. The first kappa shape index (κ1) is 36.2. The van der Waals surface area contributed by atoms with Crippen molar-refractivity contribution >= 4 is 40.6 Å². The van der Waals surface area contributed by atoms with E-state index >= 15 is 0 Å². The van der Waals surface area contributed by atoms with Crippen molar-refractivity contribution in [3.8, 4) is 0 Å². The van der Waals surface area contributed by atoms with Crippen molar-refractivity contribution in [2.75, 3.05) is 0 Å². The third kappa shape index (κ3) is 114. The molecule has 0 aliphatic rings. The quantitative estimate of drug-likeness (QED) is 0.127. The first-order valence-corrected chi connectivity index (χ1v) is 6.45. The Hall–Kier alpha value is 0.220. The van der Waals surface area contributed by atoms with Crippen molar-refractivity contribution in [2.24, 2.45) is 0 Å². The van der Waals surface area contributed by atoms with Crippen LogP contribution in [-0.4, -0.2) is 89.6 Å². The van der Waals surface area contributed by atoms with Gasteiger partial charge in [-0.25, -0.2) is 0 Å². The van der Waals surface area contributed by atoms with E-state index in [9.17, 15) is 0 Å². The fraction of sp³-hybridized carbons (Fsp3) is 0.143. The summed E-state index contributed by atoms with van der Waals surface area (Å²) in [5, 5.41) is 91.1. The van der Waals surface area contributed by atoms with Crippen LogP contribution in [0.5, 0.6) is 0 Å². The number of hydrogen-bond donors (Lipinski definition) is 12. The number of thiophene rings is 1. The Kier molecular flexibility index (Phi) is 42.0. The van der Waals surface area contributed by atoms with E-state index in [0.717, 1.165) is 6.42 Å². The van der Waals surface area contributed by atoms with Crippen LogP contribution >= 0.6 is 11.3 Å². The van der Waals surface area contributed by atoms with Gasteiger partial charge in [-0.2, -0.15) is 17.0 Å². The van der Waals surface area contributed by atoms with Crippen molar-refractivity contribution in [1.82, 2.24) is 0 Å². The van der Waals surface area contributed by atoms with E-state index in [-0.39, 0.29) is 29.6 Å². The third-order valence-electron chi connectivity index (χ3n) is 0.903. The smallest absolute Gasteiger partial charge is 0.402 e. The van der Waals surface area contributed by atoms with Crippen LogP contribution in [0.25, 0.3) is 0 Å². The van der Waals surface area contributed by atoms with Gasteiger partial charge in [-0.05, 0) is 0 Å². The molecule has 1 rings (SSSR count). The summed E-state index contributed by atoms with van der Waals surface area (Å²) >= 11 is 1.61. The molecule has 12 nitrogen and oxygen atoms in total. The van der Waals surface area contributed by atoms with Gasteiger partial charge in [0.2, 0.25) is 0 Å². The molecule has 0 aliphatic heterocycles. The van der Waals surface area contributed by atoms with E-state index < -0.39 is 29.3 Å². The van der Waals surface area contributed by atoms with Crippen LogP contribution in [0.1, 0.15) is 5.56 Å². The Morgan fingerprint density at radius 3 is 1.24 bits per heavy atom. The fourth-order valence-electron chi connectivity index (χ4n) is 0.527. The second kappa shape index (κ2) is 29.0. The van der Waals surface area contributed by atoms with E-state index in [1.165, 1.54) is 5.56 Å². The Morgan fingerprint density at radius 2 is 1.08 bits per heavy atom. The minimum atomic E-state index is -2.17. The monoisotopic (exact) mass is 394 g/mol. The van der Waals surface area contributed by atoms with Crippen LogP contribution in [0, 0.1) is 5.38 Å². The van der Waals surface area contributed by atoms with Gasteiger partial charge >= 0.3 is 58.8 Å². The fourth-order valence-corrected chi connectivity index (χ4v) is 1.13. The molecule has 0 saturated heterocycles. The van der Waals surface area contributed by atoms with Gasteiger partial charge in [-0.3, -0.25) is 0 Å². The van der Waals surface area contributed by atoms with E-state index in [4.69, 9.17) is 60.3 Å². The maximum atomic E-state index is 7.17. The molecule has 1 heterocycles. The zero-order chi connectivity index (χ0) is 20.1. The minimum absolute atomic E-state index is 0. The summed E-state index contributed by atoms with van der Waals surface area (Å²) in [5.41, 5.74) is 1.31. The molecule has 0 aliphatic carbocycles. The summed E-state index contributed by atoms with van der Waals surface area (Å²) in [7, 11) is -8.67. The van der Waals surface area contributed by atoms with Gasteiger partial charge in [0.15, 0.2) is 0 Å². The van der Waals surface area contributed by atoms with Crippen molar-refractivity contribution in [3.63, 3.8) is 0 Å². The molecule has 1 aromatic rings. The van der Waals surface area contributed by atoms with Crippen LogP contribution in [0.3, 0.4) is 0 Å². The maximum Gasteiger partial charge on any atom is 1.00 e. The van der Waals surface area contributed by atoms with Gasteiger partial charge in [-0.15, -0.1) is 12.0 Å². The van der Waals surface area contributed by atoms with E-state index in [0.29, 0.717) is 0 Å². The predicted molar refractivity (Wildman–Crippen MR) is 86.7 cm³/mol. The zero-order valence-corrected chi connectivity index (χ0v) is 16.0. The molecular weight excluding hydrogens is 374 g/mol. The molecule has 138 valence electrons. The van der Waals surface area contributed by atoms with Gasteiger partial charge in [-0.1, -0.05) is 12.5 Å². The molecule has 0 saturated carbocycles. The van der Waals surface area contributed by atoms with Crippen LogP contribution in [0.2, 0.25) is 0 Å². The first-order valence-electron chi connectivity index (χ1n) is 5.57. The summed E-state index contributed by atoms with van der Waals surface area (Å²) in [6.07, 6.45) is 2.87. The van der Waals surface area contributed by atoms with Gasteiger partial charge < -0.3 is 71.6 Å². The molecular formula is C7H19B4NaO12S. The summed E-state index contributed by atoms with van der Waals surface area (Å²) in [6.45, 7) is 3.63. The van der Waals surface area contributed by atoms with Crippen molar-refractivity contribution < 1.29 is 89.8 Å². The van der Waals surface area contributed by atoms with Gasteiger partial charge in [0, 0.05) is 0 Å². The standard InChI is InChI=1S/C7H7S.4BH3O3.Na/c1-2-3-7-4-5-8-6-7;4*2-1(3)4;/h2,4,6H,1,3H2;4*2-4H;/q-1;;;;;+1. The largest absolute Gasteiger partial charge is 1.00 e. The molecule has 0 unspecified atom stereocenters. The van der Waals surface area contributed by atoms with E-state index in [2.05, 4.69) is 17.3 Å². The number of hydrogen-bond acceptors (Lipinski definition) is 13. The molecule has 25 heavy (non-hydrogen) atoms. The first-order chi connectivity index (χ1) is 10.9. The molecule has 0 radical (unpaired) electrons. The van der Waals surface area contributed by atoms with Crippen LogP contribution in [-0.2, 0) is 6.42 Å². The van der Waals surface area contributed by atoms with Gasteiger partial charge in [0.25, 0.3) is 0 Å². The second-order valence-corrected chi connectivity index (χ2v) is 3.66. The summed E-state index contributed by atoms with van der Waals surface area (Å²) in [4.78, 5) is 0. The van der Waals surface area contributed by atoms with Crippen molar-refractivity contribution in [3.05, 3.63) is 35.0 Å². The second-order valence-electron chi connectivity index (χ2n) is 2.95. The normalized spacial score (nSPS) is 7.20. The number of rotatable bonds is 2. The third-order valence-corrected chi connectivity index (χ3v) is 1.58. The van der Waals surface area contributed by atoms with Crippen LogP contribution < -0.4 is 29.6 Å². The summed E-state index contributed by atoms with van der Waals surface area (Å²) in [5.74, 6) is 0. The Morgan fingerprint density at radius 1 is 0.800 bits per heavy atom. The summed E-state index contributed by atoms with van der Waals surface area (Å²) in [6, 6.07) is 1.99. The maximum absolute atomic E-state index is 7.17. The molecule has 18 heteroatoms. The zero-order valence-electron chi connectivity index (χ0n) is 13.2. The Labute approximate surface area is 171 Å². The molecule has 0 aromatic carbocycles.